The summed E-state index contributed by atoms with van der Waals surface area (Å²) in [4.78, 5) is 24.5. The Morgan fingerprint density at radius 1 is 1.47 bits per heavy atom. The maximum absolute atomic E-state index is 11.5. The molecule has 3 rings (SSSR count). The van der Waals surface area contributed by atoms with Crippen LogP contribution in [0.15, 0.2) is 11.1 Å². The number of aliphatic hydroxyl groups is 2. The minimum absolute atomic E-state index is 0.213. The predicted octanol–water partition coefficient (Wildman–Crippen LogP) is -0.800. The lowest BCUT2D eigenvalue weighted by Gasteiger charge is -2.32. The second-order valence-corrected chi connectivity index (χ2v) is 4.66. The van der Waals surface area contributed by atoms with Crippen molar-refractivity contribution in [1.82, 2.24) is 4.90 Å². The first-order valence-electron chi connectivity index (χ1n) is 5.60. The van der Waals surface area contributed by atoms with Gasteiger partial charge in [0.1, 0.15) is 6.10 Å². The summed E-state index contributed by atoms with van der Waals surface area (Å²) in [5.74, 6) is -0.279. The number of carbonyl (C=O) groups excluding carboxylic acids is 2. The van der Waals surface area contributed by atoms with Crippen molar-refractivity contribution in [2.75, 3.05) is 6.54 Å². The molecule has 0 bridgehead atoms. The van der Waals surface area contributed by atoms with Gasteiger partial charge in [0, 0.05) is 12.1 Å². The summed E-state index contributed by atoms with van der Waals surface area (Å²) < 4.78 is 5.07. The number of Topliss-reactive ketones (excluding diaryl/α,β-unsaturated/α-hetero) is 1. The maximum Gasteiger partial charge on any atom is 0.410 e. The van der Waals surface area contributed by atoms with E-state index < -0.39 is 30.4 Å². The van der Waals surface area contributed by atoms with Gasteiger partial charge in [-0.1, -0.05) is 0 Å². The van der Waals surface area contributed by atoms with E-state index >= 15 is 0 Å². The molecule has 2 heterocycles. The van der Waals surface area contributed by atoms with E-state index in [0.29, 0.717) is 18.5 Å². The van der Waals surface area contributed by atoms with Crippen LogP contribution in [0.25, 0.3) is 0 Å². The topological polar surface area (TPSA) is 87.1 Å². The highest BCUT2D eigenvalue weighted by atomic mass is 16.6. The van der Waals surface area contributed by atoms with E-state index in [1.807, 2.05) is 0 Å². The van der Waals surface area contributed by atoms with Crippen LogP contribution < -0.4 is 0 Å². The third-order valence-corrected chi connectivity index (χ3v) is 3.74. The number of hydrogen-bond acceptors (Lipinski definition) is 5. The summed E-state index contributed by atoms with van der Waals surface area (Å²) in [6, 6.07) is -0.472. The van der Waals surface area contributed by atoms with E-state index in [0.717, 1.165) is 0 Å². The van der Waals surface area contributed by atoms with Gasteiger partial charge in [0.2, 0.25) is 0 Å². The Kier molecular flexibility index (Phi) is 2.08. The van der Waals surface area contributed by atoms with Crippen molar-refractivity contribution >= 4 is 11.9 Å². The van der Waals surface area contributed by atoms with E-state index in [-0.39, 0.29) is 11.4 Å². The molecular formula is C11H13NO5. The smallest absolute Gasteiger partial charge is 0.410 e. The fraction of sp³-hybridized carbons (Fsp3) is 0.636. The first-order chi connectivity index (χ1) is 8.02. The molecule has 1 amide bonds. The molecule has 0 aromatic carbocycles. The van der Waals surface area contributed by atoms with Crippen molar-refractivity contribution in [3.05, 3.63) is 11.1 Å². The quantitative estimate of drug-likeness (QED) is 0.625. The van der Waals surface area contributed by atoms with Gasteiger partial charge in [0.05, 0.1) is 12.1 Å². The molecule has 3 aliphatic rings. The Morgan fingerprint density at radius 3 is 2.82 bits per heavy atom. The van der Waals surface area contributed by atoms with Crippen LogP contribution in [0, 0.1) is 0 Å². The minimum Gasteiger partial charge on any atom is -0.440 e. The van der Waals surface area contributed by atoms with Gasteiger partial charge < -0.3 is 14.9 Å². The second-order valence-electron chi connectivity index (χ2n) is 4.66. The van der Waals surface area contributed by atoms with E-state index in [4.69, 9.17) is 4.74 Å². The molecule has 17 heavy (non-hydrogen) atoms. The van der Waals surface area contributed by atoms with Gasteiger partial charge in [-0.15, -0.1) is 0 Å². The van der Waals surface area contributed by atoms with Crippen LogP contribution in [-0.4, -0.2) is 57.9 Å². The molecule has 0 unspecified atom stereocenters. The fourth-order valence-electron chi connectivity index (χ4n) is 3.05. The summed E-state index contributed by atoms with van der Waals surface area (Å²) in [6.45, 7) is 1.74. The molecule has 0 radical (unpaired) electrons. The third kappa shape index (κ3) is 1.22. The van der Waals surface area contributed by atoms with Gasteiger partial charge in [-0.2, -0.15) is 0 Å². The molecule has 92 valence electrons. The van der Waals surface area contributed by atoms with Crippen molar-refractivity contribution in [3.8, 4) is 0 Å². The number of piperidine rings is 1. The molecule has 2 N–H and O–H groups in total. The summed E-state index contributed by atoms with van der Waals surface area (Å²) in [5.41, 5.74) is 0.678. The van der Waals surface area contributed by atoms with Crippen LogP contribution in [0.1, 0.15) is 13.3 Å². The lowest BCUT2D eigenvalue weighted by atomic mass is 9.93. The molecule has 4 atom stereocenters. The number of hydrogen-bond donors (Lipinski definition) is 2. The van der Waals surface area contributed by atoms with Crippen molar-refractivity contribution in [2.45, 2.75) is 37.7 Å². The maximum atomic E-state index is 11.5. The predicted molar refractivity (Wildman–Crippen MR) is 55.1 cm³/mol. The molecule has 0 aromatic heterocycles. The van der Waals surface area contributed by atoms with Crippen LogP contribution in [0.5, 0.6) is 0 Å². The summed E-state index contributed by atoms with van der Waals surface area (Å²) in [7, 11) is 0. The highest BCUT2D eigenvalue weighted by molar-refractivity contribution is 5.97. The Bertz CT molecular complexity index is 443. The van der Waals surface area contributed by atoms with Crippen LogP contribution in [0.3, 0.4) is 0 Å². The average Bonchev–Trinajstić information content (AvgIpc) is 2.72. The Labute approximate surface area is 97.5 Å². The number of carbonyl (C=O) groups is 2. The SMILES string of the molecule is CC(=O)C1=C2[C@@H](O)CCN3C(=O)O[C@H]([C@H]1O)[C@H]23. The molecule has 2 aliphatic heterocycles. The zero-order valence-corrected chi connectivity index (χ0v) is 9.29. The molecule has 2 fully saturated rings. The van der Waals surface area contributed by atoms with Gasteiger partial charge in [0.15, 0.2) is 11.9 Å². The van der Waals surface area contributed by atoms with Gasteiger partial charge in [-0.3, -0.25) is 9.69 Å². The minimum atomic E-state index is -1.12. The third-order valence-electron chi connectivity index (χ3n) is 3.74. The lowest BCUT2D eigenvalue weighted by Crippen LogP contribution is -2.46. The zero-order valence-electron chi connectivity index (χ0n) is 9.29. The van der Waals surface area contributed by atoms with Crippen molar-refractivity contribution in [3.63, 3.8) is 0 Å². The van der Waals surface area contributed by atoms with E-state index in [2.05, 4.69) is 0 Å². The van der Waals surface area contributed by atoms with Crippen molar-refractivity contribution < 1.29 is 24.5 Å². The highest BCUT2D eigenvalue weighted by Crippen LogP contribution is 2.43. The van der Waals surface area contributed by atoms with Crippen LogP contribution in [0.2, 0.25) is 0 Å². The monoisotopic (exact) mass is 239 g/mol. The zero-order chi connectivity index (χ0) is 12.3. The Balaban J connectivity index is 2.13. The van der Waals surface area contributed by atoms with Gasteiger partial charge in [-0.25, -0.2) is 4.79 Å². The number of aliphatic hydroxyl groups excluding tert-OH is 2. The number of nitrogens with zero attached hydrogens (tertiary/aromatic N) is 1. The van der Waals surface area contributed by atoms with E-state index in [1.54, 1.807) is 0 Å². The molecule has 0 spiro atoms. The molecule has 6 nitrogen and oxygen atoms in total. The van der Waals surface area contributed by atoms with Crippen molar-refractivity contribution in [1.29, 1.82) is 0 Å². The highest BCUT2D eigenvalue weighted by Gasteiger charge is 2.57. The molecule has 1 aliphatic carbocycles. The molecule has 0 saturated carbocycles. The second kappa shape index (κ2) is 3.30. The van der Waals surface area contributed by atoms with Crippen LogP contribution >= 0.6 is 0 Å². The van der Waals surface area contributed by atoms with Gasteiger partial charge in [-0.05, 0) is 18.9 Å². The summed E-state index contributed by atoms with van der Waals surface area (Å²) >= 11 is 0. The molecule has 2 saturated heterocycles. The lowest BCUT2D eigenvalue weighted by molar-refractivity contribution is -0.115. The Hall–Kier alpha value is -1.40. The number of rotatable bonds is 1. The van der Waals surface area contributed by atoms with Crippen LogP contribution in [0.4, 0.5) is 4.79 Å². The van der Waals surface area contributed by atoms with Crippen LogP contribution in [-0.2, 0) is 9.53 Å². The molecular weight excluding hydrogens is 226 g/mol. The normalized spacial score (nSPS) is 39.5. The number of ether oxygens (including phenoxy) is 1. The van der Waals surface area contributed by atoms with E-state index in [1.165, 1.54) is 11.8 Å². The first kappa shape index (κ1) is 10.7. The van der Waals surface area contributed by atoms with E-state index in [9.17, 15) is 19.8 Å². The van der Waals surface area contributed by atoms with Gasteiger partial charge >= 0.3 is 6.09 Å². The Morgan fingerprint density at radius 2 is 2.18 bits per heavy atom. The van der Waals surface area contributed by atoms with Crippen molar-refractivity contribution in [2.24, 2.45) is 0 Å². The largest absolute Gasteiger partial charge is 0.440 e. The standard InChI is InChI=1S/C11H13NO5/c1-4(13)6-7-5(14)2-3-12-8(7)10(9(6)15)17-11(12)16/h5,8-10,14-15H,2-3H2,1H3/t5-,8-,9-,10-/m0/s1. The first-order valence-corrected chi connectivity index (χ1v) is 5.60. The van der Waals surface area contributed by atoms with Gasteiger partial charge in [0.25, 0.3) is 0 Å². The number of amides is 1. The summed E-state index contributed by atoms with van der Waals surface area (Å²) in [5, 5.41) is 20.0. The average molecular weight is 239 g/mol. The summed E-state index contributed by atoms with van der Waals surface area (Å²) in [6.07, 6.45) is -2.74. The molecule has 0 aromatic rings. The fourth-order valence-corrected chi connectivity index (χ4v) is 3.05. The molecule has 6 heteroatoms. The number of ketones is 1.